The van der Waals surface area contributed by atoms with Crippen LogP contribution in [0.4, 0.5) is 5.69 Å². The minimum Gasteiger partial charge on any atom is -0.307 e. The molecule has 1 aromatic carbocycles. The van der Waals surface area contributed by atoms with Gasteiger partial charge in [0.25, 0.3) is 0 Å². The highest BCUT2D eigenvalue weighted by atomic mass is 79.9. The molecule has 0 saturated heterocycles. The first-order chi connectivity index (χ1) is 5.24. The average Bonchev–Trinajstić information content (AvgIpc) is 2.05. The molecule has 0 saturated carbocycles. The van der Waals surface area contributed by atoms with Crippen LogP contribution in [0.3, 0.4) is 0 Å². The third-order valence-electron chi connectivity index (χ3n) is 1.35. The topological polar surface area (TPSA) is 20.3 Å². The maximum atomic E-state index is 10.2. The molecule has 2 nitrogen and oxygen atoms in total. The third-order valence-corrected chi connectivity index (χ3v) is 1.88. The number of carbonyl (C=O) groups excluding carboxylic acids is 1. The van der Waals surface area contributed by atoms with Crippen LogP contribution in [0, 0.1) is 0 Å². The van der Waals surface area contributed by atoms with Crippen LogP contribution >= 0.6 is 15.9 Å². The van der Waals surface area contributed by atoms with Gasteiger partial charge in [-0.3, -0.25) is 4.79 Å². The number of anilines is 1. The lowest BCUT2D eigenvalue weighted by molar-refractivity contribution is 0.554. The summed E-state index contributed by atoms with van der Waals surface area (Å²) in [4.78, 5) is 11.6. The smallest absolute Gasteiger partial charge is 0.307 e. The fraction of sp³-hybridized carbons (Fsp3) is 0.125. The van der Waals surface area contributed by atoms with Crippen LogP contribution in [0.2, 0.25) is 0 Å². The molecule has 1 radical (unpaired) electrons. The van der Waals surface area contributed by atoms with Crippen LogP contribution in [0.1, 0.15) is 0 Å². The Labute approximate surface area is 74.0 Å². The van der Waals surface area contributed by atoms with E-state index in [1.807, 2.05) is 24.3 Å². The molecule has 0 bridgehead atoms. The molecule has 0 aliphatic carbocycles. The van der Waals surface area contributed by atoms with E-state index in [2.05, 4.69) is 15.9 Å². The zero-order chi connectivity index (χ0) is 8.27. The van der Waals surface area contributed by atoms with Gasteiger partial charge in [-0.2, -0.15) is 0 Å². The van der Waals surface area contributed by atoms with Crippen LogP contribution in [0.5, 0.6) is 0 Å². The Kier molecular flexibility index (Phi) is 2.65. The Balaban J connectivity index is 2.89. The van der Waals surface area contributed by atoms with Crippen molar-refractivity contribution in [2.45, 2.75) is 0 Å². The summed E-state index contributed by atoms with van der Waals surface area (Å²) in [5, 5.41) is 0. The van der Waals surface area contributed by atoms with Crippen molar-refractivity contribution >= 4 is 28.0 Å². The van der Waals surface area contributed by atoms with Gasteiger partial charge < -0.3 is 4.90 Å². The highest BCUT2D eigenvalue weighted by molar-refractivity contribution is 9.10. The summed E-state index contributed by atoms with van der Waals surface area (Å²) in [6.07, 6.45) is 1.77. The Morgan fingerprint density at radius 3 is 2.36 bits per heavy atom. The summed E-state index contributed by atoms with van der Waals surface area (Å²) in [6, 6.07) is 7.44. The fourth-order valence-corrected chi connectivity index (χ4v) is 0.982. The maximum Gasteiger partial charge on any atom is 0.316 e. The van der Waals surface area contributed by atoms with E-state index in [9.17, 15) is 4.79 Å². The largest absolute Gasteiger partial charge is 0.316 e. The lowest BCUT2D eigenvalue weighted by atomic mass is 10.3. The van der Waals surface area contributed by atoms with Gasteiger partial charge in [-0.1, -0.05) is 15.9 Å². The molecule has 11 heavy (non-hydrogen) atoms. The van der Waals surface area contributed by atoms with Crippen molar-refractivity contribution in [3.63, 3.8) is 0 Å². The first kappa shape index (κ1) is 8.27. The van der Waals surface area contributed by atoms with Gasteiger partial charge in [0, 0.05) is 17.2 Å². The van der Waals surface area contributed by atoms with Crippen LogP contribution in [0.15, 0.2) is 28.7 Å². The molecule has 1 rings (SSSR count). The number of nitrogens with zero attached hydrogens (tertiary/aromatic N) is 1. The van der Waals surface area contributed by atoms with Crippen LogP contribution in [-0.4, -0.2) is 13.5 Å². The minimum absolute atomic E-state index is 0.836. The molecule has 1 aromatic rings. The minimum atomic E-state index is 0.836. The normalized spacial score (nSPS) is 9.27. The Bertz CT molecular complexity index is 245. The van der Waals surface area contributed by atoms with Crippen molar-refractivity contribution in [3.8, 4) is 0 Å². The lowest BCUT2D eigenvalue weighted by Gasteiger charge is -2.08. The fourth-order valence-electron chi connectivity index (χ4n) is 0.717. The second-order valence-electron chi connectivity index (χ2n) is 2.13. The quantitative estimate of drug-likeness (QED) is 0.687. The molecule has 0 aliphatic rings. The van der Waals surface area contributed by atoms with E-state index in [-0.39, 0.29) is 0 Å². The van der Waals surface area contributed by atoms with E-state index in [0.29, 0.717) is 0 Å². The molecule has 0 aliphatic heterocycles. The predicted molar refractivity (Wildman–Crippen MR) is 48.2 cm³/mol. The van der Waals surface area contributed by atoms with Gasteiger partial charge in [0.1, 0.15) is 0 Å². The van der Waals surface area contributed by atoms with E-state index < -0.39 is 0 Å². The first-order valence-corrected chi connectivity index (χ1v) is 3.90. The molecule has 3 heteroatoms. The summed E-state index contributed by atoms with van der Waals surface area (Å²) >= 11 is 3.30. The van der Waals surface area contributed by atoms with Crippen molar-refractivity contribution in [2.24, 2.45) is 0 Å². The monoisotopic (exact) mass is 212 g/mol. The number of benzene rings is 1. The summed E-state index contributed by atoms with van der Waals surface area (Å²) < 4.78 is 1.00. The summed E-state index contributed by atoms with van der Waals surface area (Å²) in [5.74, 6) is 0. The van der Waals surface area contributed by atoms with Crippen molar-refractivity contribution in [3.05, 3.63) is 28.7 Å². The third kappa shape index (κ3) is 2.05. The molecule has 1 amide bonds. The van der Waals surface area contributed by atoms with E-state index in [0.717, 1.165) is 10.2 Å². The van der Waals surface area contributed by atoms with Gasteiger partial charge in [0.2, 0.25) is 0 Å². The van der Waals surface area contributed by atoms with E-state index in [1.54, 1.807) is 13.5 Å². The number of hydrogen-bond acceptors (Lipinski definition) is 1. The number of rotatable bonds is 2. The molecule has 0 atom stereocenters. The van der Waals surface area contributed by atoms with Gasteiger partial charge in [0.15, 0.2) is 0 Å². The second-order valence-corrected chi connectivity index (χ2v) is 3.04. The van der Waals surface area contributed by atoms with Gasteiger partial charge in [-0.05, 0) is 24.3 Å². The number of hydrogen-bond donors (Lipinski definition) is 0. The highest BCUT2D eigenvalue weighted by Crippen LogP contribution is 2.15. The SMILES string of the molecule is CN([C]=O)c1ccc(Br)cc1. The molecule has 0 fully saturated rings. The van der Waals surface area contributed by atoms with Crippen molar-refractivity contribution in [1.29, 1.82) is 0 Å². The van der Waals surface area contributed by atoms with Gasteiger partial charge in [-0.25, -0.2) is 0 Å². The molecule has 57 valence electrons. The predicted octanol–water partition coefficient (Wildman–Crippen LogP) is 1.95. The average molecular weight is 213 g/mol. The van der Waals surface area contributed by atoms with Gasteiger partial charge in [0.05, 0.1) is 0 Å². The van der Waals surface area contributed by atoms with Crippen LogP contribution < -0.4 is 4.90 Å². The van der Waals surface area contributed by atoms with Gasteiger partial charge in [-0.15, -0.1) is 0 Å². The molecular formula is C8H7BrNO. The molecule has 0 heterocycles. The lowest BCUT2D eigenvalue weighted by Crippen LogP contribution is -2.12. The Morgan fingerprint density at radius 1 is 1.36 bits per heavy atom. The number of amides is 1. The van der Waals surface area contributed by atoms with E-state index in [4.69, 9.17) is 0 Å². The molecule has 0 unspecified atom stereocenters. The van der Waals surface area contributed by atoms with Gasteiger partial charge >= 0.3 is 6.41 Å². The van der Waals surface area contributed by atoms with Crippen LogP contribution in [-0.2, 0) is 4.79 Å². The van der Waals surface area contributed by atoms with E-state index >= 15 is 0 Å². The first-order valence-electron chi connectivity index (χ1n) is 3.11. The molecular weight excluding hydrogens is 206 g/mol. The van der Waals surface area contributed by atoms with Crippen molar-refractivity contribution in [2.75, 3.05) is 11.9 Å². The molecule has 0 aromatic heterocycles. The second kappa shape index (κ2) is 3.53. The van der Waals surface area contributed by atoms with E-state index in [1.165, 1.54) is 4.90 Å². The summed E-state index contributed by atoms with van der Waals surface area (Å²) in [5.41, 5.74) is 0.836. The maximum absolute atomic E-state index is 10.2. The van der Waals surface area contributed by atoms with Crippen LogP contribution in [0.25, 0.3) is 0 Å². The summed E-state index contributed by atoms with van der Waals surface area (Å²) in [7, 11) is 1.66. The molecule has 0 spiro atoms. The van der Waals surface area contributed by atoms with Crippen molar-refractivity contribution in [1.82, 2.24) is 0 Å². The van der Waals surface area contributed by atoms with Crippen molar-refractivity contribution < 1.29 is 4.79 Å². The Morgan fingerprint density at radius 2 is 1.91 bits per heavy atom. The Hall–Kier alpha value is -0.830. The zero-order valence-corrected chi connectivity index (χ0v) is 7.63. The summed E-state index contributed by atoms with van der Waals surface area (Å²) in [6.45, 7) is 0. The standard InChI is InChI=1S/C8H7BrNO/c1-10(6-11)8-4-2-7(9)3-5-8/h2-5H,1H3. The number of halogens is 1. The highest BCUT2D eigenvalue weighted by Gasteiger charge is 1.97. The zero-order valence-electron chi connectivity index (χ0n) is 6.04. The molecule has 0 N–H and O–H groups in total.